The van der Waals surface area contributed by atoms with Crippen LogP contribution in [0.2, 0.25) is 0 Å². The van der Waals surface area contributed by atoms with Crippen LogP contribution in [-0.2, 0) is 27.3 Å². The van der Waals surface area contributed by atoms with E-state index in [4.69, 9.17) is 0 Å². The molecule has 310 valence electrons. The predicted molar refractivity (Wildman–Crippen MR) is 270 cm³/mol. The standard InChI is InChI=1S/C22H28.2C18H15P.Ni/c1-21(2,3)19-13-9-17(10-14-19)7-8-18-11-15-20(16-12-18)22(4,5)6;2*1-4-10-16(11-5-1)19(17-12-6-2-7-13-17)18-14-8-3-9-15-18;/h7-16H,1-6H3;2*1-15H;/b8-7+;;;. The second-order valence-corrected chi connectivity index (χ2v) is 21.2. The van der Waals surface area contributed by atoms with Gasteiger partial charge in [-0.15, -0.1) is 0 Å². The van der Waals surface area contributed by atoms with Gasteiger partial charge in [0.1, 0.15) is 0 Å². The fraction of sp³-hybridized carbons (Fsp3) is 0.138. The van der Waals surface area contributed by atoms with Gasteiger partial charge in [0.15, 0.2) is 0 Å². The zero-order valence-electron chi connectivity index (χ0n) is 36.3. The molecule has 0 spiro atoms. The number of hydrogen-bond acceptors (Lipinski definition) is 0. The quantitative estimate of drug-likeness (QED) is 0.0811. The van der Waals surface area contributed by atoms with Gasteiger partial charge in [-0.05, 0) is 80.8 Å². The van der Waals surface area contributed by atoms with Gasteiger partial charge in [0.25, 0.3) is 0 Å². The summed E-state index contributed by atoms with van der Waals surface area (Å²) in [6, 6.07) is 82.3. The molecule has 0 unspecified atom stereocenters. The van der Waals surface area contributed by atoms with Crippen molar-refractivity contribution in [3.8, 4) is 0 Å². The van der Waals surface area contributed by atoms with Crippen LogP contribution in [0.4, 0.5) is 0 Å². The largest absolute Gasteiger partial charge is 0.0622 e. The zero-order chi connectivity index (χ0) is 42.2. The first-order valence-corrected chi connectivity index (χ1v) is 23.5. The second kappa shape index (κ2) is 23.2. The van der Waals surface area contributed by atoms with Gasteiger partial charge in [-0.25, -0.2) is 0 Å². The van der Waals surface area contributed by atoms with Crippen LogP contribution in [-0.4, -0.2) is 0 Å². The van der Waals surface area contributed by atoms with Crippen molar-refractivity contribution in [3.05, 3.63) is 253 Å². The van der Waals surface area contributed by atoms with E-state index in [1.165, 1.54) is 54.1 Å². The Kier molecular flexibility index (Phi) is 17.8. The van der Waals surface area contributed by atoms with E-state index in [2.05, 4.69) is 284 Å². The summed E-state index contributed by atoms with van der Waals surface area (Å²) in [5.41, 5.74) is 5.66. The van der Waals surface area contributed by atoms with E-state index in [0.717, 1.165) is 0 Å². The van der Waals surface area contributed by atoms with Crippen LogP contribution >= 0.6 is 15.8 Å². The molecule has 0 aliphatic heterocycles. The molecule has 8 rings (SSSR count). The topological polar surface area (TPSA) is 0 Å². The van der Waals surface area contributed by atoms with Gasteiger partial charge in [-0.1, -0.05) is 284 Å². The van der Waals surface area contributed by atoms with Crippen molar-refractivity contribution >= 4 is 59.8 Å². The average molecular weight is 876 g/mol. The van der Waals surface area contributed by atoms with E-state index in [-0.39, 0.29) is 27.3 Å². The van der Waals surface area contributed by atoms with Crippen LogP contribution < -0.4 is 31.8 Å². The van der Waals surface area contributed by atoms with Crippen LogP contribution in [0.15, 0.2) is 231 Å². The van der Waals surface area contributed by atoms with Gasteiger partial charge in [0.05, 0.1) is 0 Å². The Morgan fingerprint density at radius 3 is 0.607 bits per heavy atom. The van der Waals surface area contributed by atoms with E-state index in [1.54, 1.807) is 0 Å². The van der Waals surface area contributed by atoms with Crippen LogP contribution in [0.5, 0.6) is 0 Å². The van der Waals surface area contributed by atoms with Gasteiger partial charge in [0.2, 0.25) is 0 Å². The zero-order valence-corrected chi connectivity index (χ0v) is 39.1. The normalized spacial score (nSPS) is 11.2. The number of hydrogen-bond donors (Lipinski definition) is 0. The summed E-state index contributed by atoms with van der Waals surface area (Å²) >= 11 is 0. The average Bonchev–Trinajstić information content (AvgIpc) is 3.28. The molecule has 0 aliphatic carbocycles. The first-order valence-electron chi connectivity index (χ1n) is 20.9. The van der Waals surface area contributed by atoms with E-state index < -0.39 is 15.8 Å². The smallest absolute Gasteiger partial charge is 0 e. The summed E-state index contributed by atoms with van der Waals surface area (Å²) in [6.45, 7) is 13.5. The van der Waals surface area contributed by atoms with Crippen molar-refractivity contribution in [1.29, 1.82) is 0 Å². The molecule has 0 saturated heterocycles. The first kappa shape index (κ1) is 46.9. The molecule has 0 fully saturated rings. The molecule has 0 N–H and O–H groups in total. The van der Waals surface area contributed by atoms with Crippen molar-refractivity contribution in [3.63, 3.8) is 0 Å². The van der Waals surface area contributed by atoms with Crippen molar-refractivity contribution in [2.75, 3.05) is 0 Å². The maximum atomic E-state index is 2.24. The van der Waals surface area contributed by atoms with Gasteiger partial charge in [-0.2, -0.15) is 0 Å². The molecule has 0 amide bonds. The molecule has 0 saturated carbocycles. The fourth-order valence-corrected chi connectivity index (χ4v) is 11.3. The first-order chi connectivity index (χ1) is 29.1. The van der Waals surface area contributed by atoms with E-state index >= 15 is 0 Å². The Hall–Kier alpha value is -5.15. The van der Waals surface area contributed by atoms with Crippen LogP contribution in [0, 0.1) is 0 Å². The van der Waals surface area contributed by atoms with Crippen molar-refractivity contribution in [1.82, 2.24) is 0 Å². The number of benzene rings is 8. The third-order valence-electron chi connectivity index (χ3n) is 10.1. The summed E-state index contributed by atoms with van der Waals surface area (Å²) in [5.74, 6) is 0. The molecule has 8 aromatic rings. The van der Waals surface area contributed by atoms with Crippen LogP contribution in [0.1, 0.15) is 63.8 Å². The maximum absolute atomic E-state index is 2.24. The van der Waals surface area contributed by atoms with Crippen LogP contribution in [0.25, 0.3) is 12.2 Å². The molecule has 0 heterocycles. The van der Waals surface area contributed by atoms with E-state index in [1.807, 2.05) is 0 Å². The Balaban J connectivity index is 0.000000172. The molecule has 0 radical (unpaired) electrons. The molecule has 8 aromatic carbocycles. The molecule has 0 nitrogen and oxygen atoms in total. The van der Waals surface area contributed by atoms with Gasteiger partial charge in [-0.3, -0.25) is 0 Å². The number of rotatable bonds is 8. The maximum Gasteiger partial charge on any atom is 0 e. The summed E-state index contributed by atoms with van der Waals surface area (Å²) in [7, 11) is -0.892. The third kappa shape index (κ3) is 14.2. The fourth-order valence-electron chi connectivity index (χ4n) is 6.74. The molecule has 0 atom stereocenters. The van der Waals surface area contributed by atoms with E-state index in [0.29, 0.717) is 0 Å². The second-order valence-electron chi connectivity index (χ2n) is 16.8. The minimum atomic E-state index is -0.446. The monoisotopic (exact) mass is 874 g/mol. The van der Waals surface area contributed by atoms with Crippen LogP contribution in [0.3, 0.4) is 0 Å². The Morgan fingerprint density at radius 1 is 0.262 bits per heavy atom. The molecule has 0 aromatic heterocycles. The summed E-state index contributed by atoms with van der Waals surface area (Å²) in [5, 5.41) is 8.39. The van der Waals surface area contributed by atoms with Crippen molar-refractivity contribution < 1.29 is 16.5 Å². The molecular formula is C58H58NiP2. The minimum Gasteiger partial charge on any atom is -0.0622 e. The molecule has 0 aliphatic rings. The third-order valence-corrected chi connectivity index (χ3v) is 15.0. The summed E-state index contributed by atoms with van der Waals surface area (Å²) in [4.78, 5) is 0. The van der Waals surface area contributed by atoms with Gasteiger partial charge in [0, 0.05) is 16.5 Å². The molecular weight excluding hydrogens is 817 g/mol. The Bertz CT molecular complexity index is 2070. The molecule has 0 bridgehead atoms. The minimum absolute atomic E-state index is 0. The Labute approximate surface area is 379 Å². The predicted octanol–water partition coefficient (Wildman–Crippen LogP) is 13.3. The van der Waals surface area contributed by atoms with Crippen molar-refractivity contribution in [2.24, 2.45) is 0 Å². The van der Waals surface area contributed by atoms with Gasteiger partial charge < -0.3 is 0 Å². The van der Waals surface area contributed by atoms with E-state index in [9.17, 15) is 0 Å². The Morgan fingerprint density at radius 2 is 0.443 bits per heavy atom. The summed E-state index contributed by atoms with van der Waals surface area (Å²) < 4.78 is 0. The molecule has 3 heteroatoms. The van der Waals surface area contributed by atoms with Gasteiger partial charge >= 0.3 is 0 Å². The molecule has 61 heavy (non-hydrogen) atoms. The summed E-state index contributed by atoms with van der Waals surface area (Å²) in [6.07, 6.45) is 4.36. The van der Waals surface area contributed by atoms with Crippen molar-refractivity contribution in [2.45, 2.75) is 52.4 Å². The SMILES string of the molecule is CC(C)(C)c1ccc(/C=C/c2ccc(C(C)(C)C)cc2)cc1.[Ni].c1ccc(P(c2ccccc2)c2ccccc2)cc1.c1ccc(P(c2ccccc2)c2ccccc2)cc1.